The number of hydrogen-bond donors (Lipinski definition) is 9. The van der Waals surface area contributed by atoms with Crippen molar-refractivity contribution in [2.75, 3.05) is 56.2 Å². The maximum Gasteiger partial charge on any atom is 0.257 e. The second kappa shape index (κ2) is 51.8. The molecule has 0 aliphatic carbocycles. The van der Waals surface area contributed by atoms with Crippen LogP contribution in [0.4, 0.5) is 28.4 Å². The number of halogens is 6. The number of anilines is 5. The number of benzene rings is 10. The third-order valence-electron chi connectivity index (χ3n) is 21.3. The topological polar surface area (TPSA) is 497 Å². The maximum atomic E-state index is 12.8. The van der Waals surface area contributed by atoms with E-state index in [4.69, 9.17) is 80.4 Å². The Hall–Kier alpha value is -14.7. The number of primary amides is 1. The fourth-order valence-electron chi connectivity index (χ4n) is 14.1. The highest BCUT2D eigenvalue weighted by atomic mass is 35.5. The third-order valence-corrected chi connectivity index (χ3v) is 32.1. The van der Waals surface area contributed by atoms with Crippen LogP contribution in [0.3, 0.4) is 0 Å². The van der Waals surface area contributed by atoms with E-state index in [-0.39, 0.29) is 75.6 Å². The molecule has 0 spiro atoms. The number of aliphatic hydroxyl groups is 3. The Kier molecular flexibility index (Phi) is 39.3. The van der Waals surface area contributed by atoms with Gasteiger partial charge in [0.2, 0.25) is 5.91 Å². The van der Waals surface area contributed by atoms with Crippen molar-refractivity contribution in [2.24, 2.45) is 5.73 Å². The number of nitrogens with two attached hydrogens (primary N) is 1. The summed E-state index contributed by atoms with van der Waals surface area (Å²) in [6.07, 6.45) is 7.83. The van der Waals surface area contributed by atoms with Gasteiger partial charge in [-0.15, -0.1) is 0 Å². The first-order valence-electron chi connectivity index (χ1n) is 44.5. The van der Waals surface area contributed by atoms with Gasteiger partial charge in [-0.3, -0.25) is 58.7 Å². The van der Waals surface area contributed by atoms with Gasteiger partial charge in [-0.25, -0.2) is 42.1 Å². The molecule has 16 aromatic rings. The fraction of sp³-hybridized carbons (Fsp3) is 0.103. The third kappa shape index (κ3) is 31.9. The number of pyridine rings is 6. The Morgan fingerprint density at radius 2 is 0.577 bits per heavy atom. The molecule has 42 heteroatoms. The summed E-state index contributed by atoms with van der Waals surface area (Å²) in [6.45, 7) is 4.00. The Balaban J connectivity index is 0.000000165. The lowest BCUT2D eigenvalue weighted by Gasteiger charge is -2.12. The SMILES string of the molecule is CC(O)CS(=O)(=O)c1ccc(C(=O)Nc2ccc(Cl)c(-c3ccccn3)c2)c(Cl)c1.Cc1cc(S(=O)(=O)CC(C)O)ccc1C(=O)Nc1ccc(Cl)c(-c2ccccn2)c1.NC(=O)CS(=O)(=O)c1ccc(C(=O)Nc2ccc(Cl)c(-c3ccccn3)c2)cc1.O=C(Nc1ccc(Cl)c(-c2ccccn2)c1)c1ccc(S(=O)(=O)CCO)cc1.O=C(Nc1ccc(Cl)c(-c2ccccn2)c1)c1ccc(S(=O)(=O)Cc2ccccn2)cc1. The molecule has 2 atom stereocenters. The van der Waals surface area contributed by atoms with Crippen molar-refractivity contribution in [2.45, 2.75) is 63.2 Å². The van der Waals surface area contributed by atoms with Gasteiger partial charge in [0, 0.05) is 116 Å². The maximum absolute atomic E-state index is 12.8. The van der Waals surface area contributed by atoms with Crippen LogP contribution in [0.1, 0.15) is 76.9 Å². The van der Waals surface area contributed by atoms with Gasteiger partial charge in [0.1, 0.15) is 5.75 Å². The summed E-state index contributed by atoms with van der Waals surface area (Å²) >= 11 is 37.5. The molecule has 764 valence electrons. The number of nitrogens with one attached hydrogen (secondary N) is 5. The molecular formula is C107H90Cl6N12O19S5. The molecule has 0 aliphatic heterocycles. The molecule has 16 rings (SSSR count). The Morgan fingerprint density at radius 1 is 0.302 bits per heavy atom. The number of rotatable bonds is 30. The molecule has 0 bridgehead atoms. The van der Waals surface area contributed by atoms with Crippen LogP contribution < -0.4 is 32.3 Å². The van der Waals surface area contributed by atoms with E-state index in [1.165, 1.54) is 123 Å². The zero-order valence-corrected chi connectivity index (χ0v) is 87.4. The molecule has 6 aromatic heterocycles. The van der Waals surface area contributed by atoms with Crippen LogP contribution in [-0.2, 0) is 59.7 Å². The second-order valence-electron chi connectivity index (χ2n) is 32.6. The number of carbonyl (C=O) groups is 6. The van der Waals surface area contributed by atoms with E-state index in [0.717, 1.165) is 0 Å². The molecular weight excluding hydrogens is 2130 g/mol. The van der Waals surface area contributed by atoms with E-state index < -0.39 is 97.2 Å². The van der Waals surface area contributed by atoms with E-state index in [2.05, 4.69) is 56.5 Å². The number of sulfone groups is 5. The first-order valence-corrected chi connectivity index (χ1v) is 55.1. The van der Waals surface area contributed by atoms with E-state index in [1.54, 1.807) is 190 Å². The van der Waals surface area contributed by atoms with Gasteiger partial charge in [-0.2, -0.15) is 0 Å². The quantitative estimate of drug-likeness (QED) is 0.0202. The Bertz CT molecular complexity index is 7990. The molecule has 0 saturated heterocycles. The van der Waals surface area contributed by atoms with Gasteiger partial charge in [0.25, 0.3) is 29.5 Å². The lowest BCUT2D eigenvalue weighted by Crippen LogP contribution is -2.23. The van der Waals surface area contributed by atoms with Gasteiger partial charge in [0.15, 0.2) is 49.2 Å². The van der Waals surface area contributed by atoms with Gasteiger partial charge in [0.05, 0.1) is 136 Å². The summed E-state index contributed by atoms with van der Waals surface area (Å²) in [5, 5.41) is 43.9. The second-order valence-corrected chi connectivity index (χ2v) is 45.2. The standard InChI is InChI=1S/C24H18ClN3O3S.C22H21ClN2O4S.C21H18Cl2N2O4S.C20H16ClN3O4S.C20H17ClN2O4S/c25-22-12-9-18(15-21(22)23-6-2-4-14-27-23)28-24(29)17-7-10-20(11-8-17)32(30,31)16-19-5-1-3-13-26-19;1-14-11-17(30(28,29)13-15(2)26)7-8-18(14)22(27)25-16-6-9-20(23)19(12-16)21-5-3-4-10-24-21;1-13(26)12-30(28,29)15-6-7-16(19(23)11-15)21(27)25-14-5-8-18(22)17(10-14)20-4-2-3-9-24-20;21-17-9-6-14(11-16(17)18-3-1-2-10-23-18)24-20(26)13-4-7-15(8-5-13)29(27,28)12-19(22)25;21-18-9-6-15(13-17(18)19-3-1-2-10-22-19)23-20(25)14-4-7-16(8-5-14)28(26,27)12-11-24/h1-15H,16H2,(H,28,29);3-12,15,26H,13H2,1-2H3,(H,25,27);2-11,13,26H,12H2,1H3,(H,25,27);1-11H,12H2,(H2,22,25)(H,24,26);1-10,13,24H,11-12H2,(H,23,25). The minimum absolute atomic E-state index is 0.0157. The monoisotopic (exact) mass is 2220 g/mol. The summed E-state index contributed by atoms with van der Waals surface area (Å²) in [4.78, 5) is 99.5. The summed E-state index contributed by atoms with van der Waals surface area (Å²) in [5.41, 5.74) is 16.6. The highest BCUT2D eigenvalue weighted by Crippen LogP contribution is 2.37. The lowest BCUT2D eigenvalue weighted by atomic mass is 10.1. The van der Waals surface area contributed by atoms with Crippen LogP contribution in [-0.4, -0.2) is 165 Å². The number of hydrogen-bond acceptors (Lipinski definition) is 25. The molecule has 0 aliphatic rings. The number of carbonyl (C=O) groups excluding carboxylic acids is 6. The summed E-state index contributed by atoms with van der Waals surface area (Å²) in [5.74, 6) is -5.19. The predicted octanol–water partition coefficient (Wildman–Crippen LogP) is 19.9. The minimum Gasteiger partial charge on any atom is -0.395 e. The van der Waals surface area contributed by atoms with Crippen LogP contribution in [0.2, 0.25) is 30.1 Å². The Labute approximate surface area is 888 Å². The van der Waals surface area contributed by atoms with Gasteiger partial charge >= 0.3 is 0 Å². The molecule has 0 radical (unpaired) electrons. The number of amides is 6. The molecule has 10 N–H and O–H groups in total. The van der Waals surface area contributed by atoms with Crippen molar-refractivity contribution in [3.05, 3.63) is 416 Å². The van der Waals surface area contributed by atoms with Crippen LogP contribution in [0.25, 0.3) is 56.3 Å². The fourth-order valence-corrected chi connectivity index (χ4v) is 21.8. The molecule has 149 heavy (non-hydrogen) atoms. The lowest BCUT2D eigenvalue weighted by molar-refractivity contribution is -0.115. The first kappa shape index (κ1) is 113. The predicted molar refractivity (Wildman–Crippen MR) is 578 cm³/mol. The highest BCUT2D eigenvalue weighted by molar-refractivity contribution is 7.92. The van der Waals surface area contributed by atoms with E-state index in [0.29, 0.717) is 138 Å². The van der Waals surface area contributed by atoms with E-state index in [9.17, 15) is 81.1 Å². The summed E-state index contributed by atoms with van der Waals surface area (Å²) in [6, 6.07) is 82.4. The van der Waals surface area contributed by atoms with Gasteiger partial charge < -0.3 is 47.6 Å². The van der Waals surface area contributed by atoms with Crippen LogP contribution >= 0.6 is 69.6 Å². The number of aliphatic hydroxyl groups excluding tert-OH is 3. The number of aromatic nitrogens is 6. The van der Waals surface area contributed by atoms with Crippen LogP contribution in [0.5, 0.6) is 0 Å². The van der Waals surface area contributed by atoms with Crippen molar-refractivity contribution in [1.82, 2.24) is 29.9 Å². The average Bonchev–Trinajstić information content (AvgIpc) is 0.810. The zero-order valence-electron chi connectivity index (χ0n) is 78.7. The molecule has 31 nitrogen and oxygen atoms in total. The number of aryl methyl sites for hydroxylation is 1. The first-order chi connectivity index (χ1) is 70.9. The van der Waals surface area contributed by atoms with Crippen LogP contribution in [0, 0.1) is 6.92 Å². The number of nitrogens with zero attached hydrogens (tertiary/aromatic N) is 6. The van der Waals surface area contributed by atoms with Crippen molar-refractivity contribution in [1.29, 1.82) is 0 Å². The average molecular weight is 2220 g/mol. The van der Waals surface area contributed by atoms with Gasteiger partial charge in [-0.05, 0) is 299 Å². The molecule has 0 fully saturated rings. The summed E-state index contributed by atoms with van der Waals surface area (Å²) < 4.78 is 122. The van der Waals surface area contributed by atoms with Crippen molar-refractivity contribution in [3.8, 4) is 56.3 Å². The minimum atomic E-state index is -3.83. The molecule has 2 unspecified atom stereocenters. The largest absolute Gasteiger partial charge is 0.395 e. The summed E-state index contributed by atoms with van der Waals surface area (Å²) in [7, 11) is -18.3. The Morgan fingerprint density at radius 3 is 0.852 bits per heavy atom. The van der Waals surface area contributed by atoms with Crippen molar-refractivity contribution in [3.63, 3.8) is 0 Å². The molecule has 6 heterocycles. The van der Waals surface area contributed by atoms with Gasteiger partial charge in [-0.1, -0.05) is 106 Å². The molecule has 6 amide bonds. The van der Waals surface area contributed by atoms with Crippen LogP contribution in [0.15, 0.2) is 371 Å². The normalized spacial score (nSPS) is 11.7. The molecule has 0 saturated carbocycles. The molecule has 10 aromatic carbocycles. The smallest absolute Gasteiger partial charge is 0.257 e. The van der Waals surface area contributed by atoms with Crippen molar-refractivity contribution >= 4 is 183 Å². The highest BCUT2D eigenvalue weighted by Gasteiger charge is 2.27. The van der Waals surface area contributed by atoms with E-state index >= 15 is 0 Å². The zero-order chi connectivity index (χ0) is 107. The van der Waals surface area contributed by atoms with Crippen molar-refractivity contribution < 1.29 is 86.2 Å². The van der Waals surface area contributed by atoms with E-state index in [1.807, 2.05) is 54.6 Å².